The molecular weight excluding hydrogens is 407 g/mol. The van der Waals surface area contributed by atoms with Gasteiger partial charge in [-0.2, -0.15) is 10.2 Å². The lowest BCUT2D eigenvalue weighted by molar-refractivity contribution is 0.476. The van der Waals surface area contributed by atoms with E-state index < -0.39 is 0 Å². The van der Waals surface area contributed by atoms with Crippen LogP contribution in [-0.4, -0.2) is 36.3 Å². The van der Waals surface area contributed by atoms with Crippen molar-refractivity contribution < 1.29 is 5.11 Å². The highest BCUT2D eigenvalue weighted by Gasteiger charge is 2.08. The Morgan fingerprint density at radius 1 is 1.07 bits per heavy atom. The molecule has 0 saturated heterocycles. The zero-order chi connectivity index (χ0) is 19.8. The molecule has 8 heteroatoms. The van der Waals surface area contributed by atoms with Gasteiger partial charge in [-0.25, -0.2) is 0 Å². The van der Waals surface area contributed by atoms with Crippen molar-refractivity contribution in [2.45, 2.75) is 13.5 Å². The maximum absolute atomic E-state index is 9.64. The van der Waals surface area contributed by atoms with Crippen LogP contribution < -0.4 is 5.32 Å². The summed E-state index contributed by atoms with van der Waals surface area (Å²) in [5.41, 5.74) is 3.12. The van der Waals surface area contributed by atoms with E-state index in [1.807, 2.05) is 24.3 Å². The molecule has 2 aromatic rings. The molecule has 0 aliphatic heterocycles. The molecule has 2 N–H and O–H groups in total. The quantitative estimate of drug-likeness (QED) is 0.461. The van der Waals surface area contributed by atoms with Crippen molar-refractivity contribution in [2.75, 3.05) is 13.1 Å². The van der Waals surface area contributed by atoms with Gasteiger partial charge in [0.15, 0.2) is 5.75 Å². The standard InChI is InChI=1S/C19H19Cl3N4O/c1-12(14-7-17(21)19(27)18(22)8-14)25-26-16(10-23-2)11-24-9-13-3-5-15(20)6-4-13/h3-8,24,27H,2,9-11H2,1H3/b25-12+,26-16+. The van der Waals surface area contributed by atoms with Crippen molar-refractivity contribution in [3.8, 4) is 5.75 Å². The fourth-order valence-corrected chi connectivity index (χ4v) is 2.80. The molecule has 0 spiro atoms. The summed E-state index contributed by atoms with van der Waals surface area (Å²) in [5, 5.41) is 22.4. The van der Waals surface area contributed by atoms with Crippen LogP contribution in [0, 0.1) is 0 Å². The molecule has 5 nitrogen and oxygen atoms in total. The van der Waals surface area contributed by atoms with Crippen LogP contribution in [0.1, 0.15) is 18.1 Å². The molecule has 0 aliphatic rings. The van der Waals surface area contributed by atoms with Crippen LogP contribution in [0.3, 0.4) is 0 Å². The van der Waals surface area contributed by atoms with E-state index in [0.717, 1.165) is 11.3 Å². The second kappa shape index (κ2) is 10.4. The second-order valence-corrected chi connectivity index (χ2v) is 7.00. The number of phenols is 1. The van der Waals surface area contributed by atoms with Gasteiger partial charge in [0.25, 0.3) is 0 Å². The predicted octanol–water partition coefficient (Wildman–Crippen LogP) is 5.01. The van der Waals surface area contributed by atoms with Gasteiger partial charge in [-0.1, -0.05) is 46.9 Å². The molecule has 0 atom stereocenters. The third-order valence-corrected chi connectivity index (χ3v) is 4.47. The Hall–Kier alpha value is -1.92. The lowest BCUT2D eigenvalue weighted by Crippen LogP contribution is -2.24. The average molecular weight is 426 g/mol. The van der Waals surface area contributed by atoms with Crippen LogP contribution >= 0.6 is 34.8 Å². The number of nitrogens with zero attached hydrogens (tertiary/aromatic N) is 3. The normalized spacial score (nSPS) is 12.3. The average Bonchev–Trinajstić information content (AvgIpc) is 2.65. The minimum Gasteiger partial charge on any atom is -0.505 e. The number of nitrogens with one attached hydrogen (secondary N) is 1. The number of phenolic OH excluding ortho intramolecular Hbond substituents is 1. The maximum atomic E-state index is 9.64. The molecule has 0 aromatic heterocycles. The number of halogens is 3. The first-order valence-electron chi connectivity index (χ1n) is 8.06. The Morgan fingerprint density at radius 3 is 2.30 bits per heavy atom. The predicted molar refractivity (Wildman–Crippen MR) is 115 cm³/mol. The fraction of sp³-hybridized carbons (Fsp3) is 0.211. The van der Waals surface area contributed by atoms with E-state index in [9.17, 15) is 5.11 Å². The molecule has 0 heterocycles. The first-order chi connectivity index (χ1) is 12.9. The van der Waals surface area contributed by atoms with Gasteiger partial charge in [0, 0.05) is 23.7 Å². The summed E-state index contributed by atoms with van der Waals surface area (Å²) < 4.78 is 0. The molecule has 142 valence electrons. The van der Waals surface area contributed by atoms with Crippen LogP contribution in [0.4, 0.5) is 0 Å². The first-order valence-corrected chi connectivity index (χ1v) is 9.20. The van der Waals surface area contributed by atoms with E-state index in [1.54, 1.807) is 19.1 Å². The van der Waals surface area contributed by atoms with Gasteiger partial charge in [0.1, 0.15) is 0 Å². The lowest BCUT2D eigenvalue weighted by Gasteiger charge is -2.07. The zero-order valence-electron chi connectivity index (χ0n) is 14.7. The number of rotatable bonds is 8. The van der Waals surface area contributed by atoms with Crippen LogP contribution in [0.25, 0.3) is 0 Å². The van der Waals surface area contributed by atoms with Crippen LogP contribution in [0.5, 0.6) is 5.75 Å². The molecule has 0 bridgehead atoms. The number of benzene rings is 2. The van der Waals surface area contributed by atoms with Crippen molar-refractivity contribution in [3.63, 3.8) is 0 Å². The molecular formula is C19H19Cl3N4O. The Balaban J connectivity index is 2.05. The third kappa shape index (κ3) is 6.63. The Bertz CT molecular complexity index is 841. The van der Waals surface area contributed by atoms with Gasteiger partial charge in [-0.15, -0.1) is 0 Å². The number of hydrogen-bond donors (Lipinski definition) is 2. The first kappa shape index (κ1) is 21.4. The van der Waals surface area contributed by atoms with Crippen LogP contribution in [0.2, 0.25) is 15.1 Å². The molecule has 0 aliphatic carbocycles. The van der Waals surface area contributed by atoms with Gasteiger partial charge >= 0.3 is 0 Å². The maximum Gasteiger partial charge on any atom is 0.152 e. The topological polar surface area (TPSA) is 69.3 Å². The summed E-state index contributed by atoms with van der Waals surface area (Å²) in [6.45, 7) is 6.83. The van der Waals surface area contributed by atoms with Gasteiger partial charge < -0.3 is 10.4 Å². The lowest BCUT2D eigenvalue weighted by atomic mass is 10.1. The number of aromatic hydroxyl groups is 1. The molecule has 0 saturated carbocycles. The highest BCUT2D eigenvalue weighted by molar-refractivity contribution is 6.37. The molecule has 0 fully saturated rings. The van der Waals surface area contributed by atoms with Crippen molar-refractivity contribution in [2.24, 2.45) is 15.2 Å². The SMILES string of the molecule is C=NC/C(CNCc1ccc(Cl)cc1)=N\N=C(/C)c1cc(Cl)c(O)c(Cl)c1. The zero-order valence-corrected chi connectivity index (χ0v) is 17.0. The van der Waals surface area contributed by atoms with E-state index in [2.05, 4.69) is 27.2 Å². The second-order valence-electron chi connectivity index (χ2n) is 5.75. The summed E-state index contributed by atoms with van der Waals surface area (Å²) in [4.78, 5) is 3.88. The van der Waals surface area contributed by atoms with Crippen molar-refractivity contribution in [3.05, 3.63) is 62.6 Å². The monoisotopic (exact) mass is 424 g/mol. The summed E-state index contributed by atoms with van der Waals surface area (Å²) in [6, 6.07) is 10.8. The Labute approximate surface area is 173 Å². The van der Waals surface area contributed by atoms with E-state index >= 15 is 0 Å². The van der Waals surface area contributed by atoms with Crippen LogP contribution in [0.15, 0.2) is 51.6 Å². The Kier molecular flexibility index (Phi) is 8.25. The highest BCUT2D eigenvalue weighted by atomic mass is 35.5. The summed E-state index contributed by atoms with van der Waals surface area (Å²) >= 11 is 17.8. The summed E-state index contributed by atoms with van der Waals surface area (Å²) in [6.07, 6.45) is 0. The summed E-state index contributed by atoms with van der Waals surface area (Å²) in [7, 11) is 0. The molecule has 0 amide bonds. The minimum absolute atomic E-state index is 0.152. The number of aliphatic imine (C=N–C) groups is 1. The van der Waals surface area contributed by atoms with E-state index in [-0.39, 0.29) is 15.8 Å². The van der Waals surface area contributed by atoms with Crippen molar-refractivity contribution in [1.82, 2.24) is 5.32 Å². The molecule has 2 aromatic carbocycles. The van der Waals surface area contributed by atoms with Gasteiger partial charge in [-0.3, -0.25) is 4.99 Å². The van der Waals surface area contributed by atoms with E-state index in [0.29, 0.717) is 35.9 Å². The molecule has 0 unspecified atom stereocenters. The van der Waals surface area contributed by atoms with E-state index in [1.165, 1.54) is 0 Å². The summed E-state index contributed by atoms with van der Waals surface area (Å²) in [5.74, 6) is -0.152. The Morgan fingerprint density at radius 2 is 1.70 bits per heavy atom. The number of hydrogen-bond acceptors (Lipinski definition) is 5. The minimum atomic E-state index is -0.152. The fourth-order valence-electron chi connectivity index (χ4n) is 2.18. The smallest absolute Gasteiger partial charge is 0.152 e. The largest absolute Gasteiger partial charge is 0.505 e. The van der Waals surface area contributed by atoms with E-state index in [4.69, 9.17) is 34.8 Å². The molecule has 27 heavy (non-hydrogen) atoms. The van der Waals surface area contributed by atoms with Gasteiger partial charge in [-0.05, 0) is 43.5 Å². The third-order valence-electron chi connectivity index (χ3n) is 3.64. The van der Waals surface area contributed by atoms with Gasteiger partial charge in [0.05, 0.1) is 28.0 Å². The van der Waals surface area contributed by atoms with Crippen molar-refractivity contribution >= 4 is 52.9 Å². The van der Waals surface area contributed by atoms with Crippen molar-refractivity contribution in [1.29, 1.82) is 0 Å². The van der Waals surface area contributed by atoms with Crippen LogP contribution in [-0.2, 0) is 6.54 Å². The highest BCUT2D eigenvalue weighted by Crippen LogP contribution is 2.32. The molecule has 2 rings (SSSR count). The van der Waals surface area contributed by atoms with Gasteiger partial charge in [0.2, 0.25) is 0 Å². The molecule has 0 radical (unpaired) electrons.